The lowest BCUT2D eigenvalue weighted by Gasteiger charge is -2.09. The third-order valence-electron chi connectivity index (χ3n) is 2.83. The van der Waals surface area contributed by atoms with Crippen LogP contribution in [0.3, 0.4) is 0 Å². The highest BCUT2D eigenvalue weighted by molar-refractivity contribution is 5.88. The molecule has 0 aliphatic heterocycles. The summed E-state index contributed by atoms with van der Waals surface area (Å²) in [6.45, 7) is 19.7. The first kappa shape index (κ1) is 23.8. The summed E-state index contributed by atoms with van der Waals surface area (Å²) >= 11 is 0. The molecule has 0 atom stereocenters. The summed E-state index contributed by atoms with van der Waals surface area (Å²) in [5, 5.41) is 0. The van der Waals surface area contributed by atoms with E-state index in [1.807, 2.05) is 13.8 Å². The molecule has 0 aliphatic rings. The van der Waals surface area contributed by atoms with Gasteiger partial charge in [-0.15, -0.1) is 0 Å². The fourth-order valence-electron chi connectivity index (χ4n) is 1.55. The van der Waals surface area contributed by atoms with Crippen molar-refractivity contribution >= 4 is 11.9 Å². The monoisotopic (exact) mass is 366 g/mol. The number of rotatable bonds is 15. The van der Waals surface area contributed by atoms with Crippen molar-refractivity contribution in [1.29, 1.82) is 0 Å². The Hall–Kier alpha value is -2.18. The lowest BCUT2D eigenvalue weighted by Crippen LogP contribution is -2.15. The van der Waals surface area contributed by atoms with Crippen LogP contribution in [0.25, 0.3) is 0 Å². The number of hydrogen-bond donors (Lipinski definition) is 0. The van der Waals surface area contributed by atoms with Crippen molar-refractivity contribution in [2.24, 2.45) is 0 Å². The maximum absolute atomic E-state index is 11.7. The number of carbonyl (C=O) groups is 2. The third-order valence-corrected chi connectivity index (χ3v) is 2.83. The van der Waals surface area contributed by atoms with Crippen molar-refractivity contribution < 1.29 is 28.5 Å². The second kappa shape index (κ2) is 14.0. The Bertz CT molecular complexity index is 484. The second-order valence-corrected chi connectivity index (χ2v) is 6.09. The van der Waals surface area contributed by atoms with Crippen molar-refractivity contribution in [3.05, 3.63) is 48.6 Å². The summed E-state index contributed by atoms with van der Waals surface area (Å²) in [4.78, 5) is 23.3. The molecule has 0 fully saturated rings. The quantitative estimate of drug-likeness (QED) is 0.192. The standard InChI is InChI=1S/C20H30O6/c1-15(2)11-23-13-17(5)19(21)25-9-7-8-10-26-20(22)18(6)14-24-12-16(3)4/h1,3,5-14H2,2,4H3. The van der Waals surface area contributed by atoms with E-state index in [9.17, 15) is 9.59 Å². The van der Waals surface area contributed by atoms with Crippen molar-refractivity contribution in [1.82, 2.24) is 0 Å². The maximum atomic E-state index is 11.7. The van der Waals surface area contributed by atoms with E-state index in [1.54, 1.807) is 0 Å². The molecule has 6 nitrogen and oxygen atoms in total. The molecule has 0 unspecified atom stereocenters. The summed E-state index contributed by atoms with van der Waals surface area (Å²) in [6, 6.07) is 0. The second-order valence-electron chi connectivity index (χ2n) is 6.09. The number of unbranched alkanes of at least 4 members (excludes halogenated alkanes) is 1. The summed E-state index contributed by atoms with van der Waals surface area (Å²) in [5.41, 5.74) is 2.24. The molecule has 0 rings (SSSR count). The van der Waals surface area contributed by atoms with Gasteiger partial charge in [-0.3, -0.25) is 0 Å². The average Bonchev–Trinajstić information content (AvgIpc) is 2.56. The van der Waals surface area contributed by atoms with Crippen LogP contribution in [0.4, 0.5) is 0 Å². The van der Waals surface area contributed by atoms with Crippen LogP contribution in [0.5, 0.6) is 0 Å². The van der Waals surface area contributed by atoms with Crippen LogP contribution in [0.2, 0.25) is 0 Å². The Balaban J connectivity index is 3.70. The average molecular weight is 366 g/mol. The molecular formula is C20H30O6. The van der Waals surface area contributed by atoms with Gasteiger partial charge in [-0.25, -0.2) is 9.59 Å². The molecule has 0 heterocycles. The highest BCUT2D eigenvalue weighted by atomic mass is 16.5. The van der Waals surface area contributed by atoms with Gasteiger partial charge in [0.1, 0.15) is 0 Å². The predicted octanol–water partition coefficient (Wildman–Crippen LogP) is 3.15. The Morgan fingerprint density at radius 3 is 1.31 bits per heavy atom. The zero-order valence-corrected chi connectivity index (χ0v) is 15.9. The molecule has 0 aromatic rings. The van der Waals surface area contributed by atoms with Gasteiger partial charge in [0.15, 0.2) is 0 Å². The maximum Gasteiger partial charge on any atom is 0.335 e. The number of carbonyl (C=O) groups excluding carboxylic acids is 2. The smallest absolute Gasteiger partial charge is 0.335 e. The van der Waals surface area contributed by atoms with Gasteiger partial charge in [-0.05, 0) is 26.7 Å². The minimum atomic E-state index is -0.494. The molecule has 0 aromatic carbocycles. The molecule has 0 N–H and O–H groups in total. The molecule has 0 saturated heterocycles. The van der Waals surface area contributed by atoms with E-state index in [0.29, 0.717) is 26.1 Å². The Morgan fingerprint density at radius 2 is 1.00 bits per heavy atom. The Kier molecular flexibility index (Phi) is 12.9. The fourth-order valence-corrected chi connectivity index (χ4v) is 1.55. The number of ether oxygens (including phenoxy) is 4. The topological polar surface area (TPSA) is 71.1 Å². The van der Waals surface area contributed by atoms with Crippen LogP contribution in [0.15, 0.2) is 48.6 Å². The van der Waals surface area contributed by atoms with Crippen molar-refractivity contribution in [3.8, 4) is 0 Å². The molecule has 0 spiro atoms. The van der Waals surface area contributed by atoms with E-state index in [2.05, 4.69) is 26.3 Å². The first-order chi connectivity index (χ1) is 12.2. The van der Waals surface area contributed by atoms with E-state index in [0.717, 1.165) is 11.1 Å². The van der Waals surface area contributed by atoms with Crippen molar-refractivity contribution in [2.75, 3.05) is 39.6 Å². The largest absolute Gasteiger partial charge is 0.462 e. The van der Waals surface area contributed by atoms with Crippen LogP contribution < -0.4 is 0 Å². The summed E-state index contributed by atoms with van der Waals surface area (Å²) < 4.78 is 20.6. The van der Waals surface area contributed by atoms with Gasteiger partial charge in [0, 0.05) is 0 Å². The lowest BCUT2D eigenvalue weighted by molar-refractivity contribution is -0.142. The molecular weight excluding hydrogens is 336 g/mol. The van der Waals surface area contributed by atoms with Gasteiger partial charge in [-0.2, -0.15) is 0 Å². The molecule has 0 aromatic heterocycles. The van der Waals surface area contributed by atoms with Crippen LogP contribution in [-0.4, -0.2) is 51.6 Å². The van der Waals surface area contributed by atoms with Gasteiger partial charge in [-0.1, -0.05) is 37.5 Å². The highest BCUT2D eigenvalue weighted by Crippen LogP contribution is 2.02. The SMILES string of the molecule is C=C(C)COCC(=C)C(=O)OCCCCOC(=O)C(=C)COCC(=C)C. The molecule has 0 saturated carbocycles. The highest BCUT2D eigenvalue weighted by Gasteiger charge is 2.10. The van der Waals surface area contributed by atoms with Gasteiger partial charge >= 0.3 is 11.9 Å². The Morgan fingerprint density at radius 1 is 0.654 bits per heavy atom. The molecule has 0 bridgehead atoms. The first-order valence-electron chi connectivity index (χ1n) is 8.38. The lowest BCUT2D eigenvalue weighted by atomic mass is 10.3. The van der Waals surface area contributed by atoms with Gasteiger partial charge in [0.25, 0.3) is 0 Å². The van der Waals surface area contributed by atoms with E-state index in [1.165, 1.54) is 0 Å². The Labute approximate surface area is 156 Å². The fraction of sp³-hybridized carbons (Fsp3) is 0.500. The van der Waals surface area contributed by atoms with Crippen LogP contribution in [0, 0.1) is 0 Å². The number of hydrogen-bond acceptors (Lipinski definition) is 6. The normalized spacial score (nSPS) is 10.1. The van der Waals surface area contributed by atoms with Gasteiger partial charge in [0.05, 0.1) is 50.8 Å². The van der Waals surface area contributed by atoms with Gasteiger partial charge < -0.3 is 18.9 Å². The minimum absolute atomic E-state index is 0.110. The van der Waals surface area contributed by atoms with E-state index < -0.39 is 11.9 Å². The molecule has 0 aliphatic carbocycles. The van der Waals surface area contributed by atoms with Crippen molar-refractivity contribution in [2.45, 2.75) is 26.7 Å². The van der Waals surface area contributed by atoms with Crippen LogP contribution in [-0.2, 0) is 28.5 Å². The molecule has 26 heavy (non-hydrogen) atoms. The van der Waals surface area contributed by atoms with Gasteiger partial charge in [0.2, 0.25) is 0 Å². The zero-order valence-electron chi connectivity index (χ0n) is 15.9. The summed E-state index contributed by atoms with van der Waals surface area (Å²) in [6.07, 6.45) is 1.13. The van der Waals surface area contributed by atoms with E-state index >= 15 is 0 Å². The summed E-state index contributed by atoms with van der Waals surface area (Å²) in [7, 11) is 0. The predicted molar refractivity (Wildman–Crippen MR) is 101 cm³/mol. The first-order valence-corrected chi connectivity index (χ1v) is 8.38. The molecule has 0 amide bonds. The molecule has 146 valence electrons. The van der Waals surface area contributed by atoms with Crippen LogP contribution >= 0.6 is 0 Å². The summed E-state index contributed by atoms with van der Waals surface area (Å²) in [5.74, 6) is -0.988. The molecule has 6 heteroatoms. The van der Waals surface area contributed by atoms with E-state index in [4.69, 9.17) is 18.9 Å². The molecule has 0 radical (unpaired) electrons. The zero-order chi connectivity index (χ0) is 19.9. The minimum Gasteiger partial charge on any atom is -0.462 e. The number of esters is 2. The van der Waals surface area contributed by atoms with Crippen molar-refractivity contribution in [3.63, 3.8) is 0 Å². The van der Waals surface area contributed by atoms with Crippen LogP contribution in [0.1, 0.15) is 26.7 Å². The third kappa shape index (κ3) is 13.1. The van der Waals surface area contributed by atoms with E-state index in [-0.39, 0.29) is 37.6 Å².